The maximum atomic E-state index is 13.5. The van der Waals surface area contributed by atoms with Gasteiger partial charge in [0.2, 0.25) is 11.8 Å². The van der Waals surface area contributed by atoms with Crippen LogP contribution < -0.4 is 16.4 Å². The van der Waals surface area contributed by atoms with E-state index in [9.17, 15) is 14.0 Å². The number of anilines is 1. The molecule has 0 spiro atoms. The number of amides is 2. The first-order chi connectivity index (χ1) is 9.31. The van der Waals surface area contributed by atoms with Crippen LogP contribution in [0.3, 0.4) is 0 Å². The molecular formula is C13H17BrFN3O2. The van der Waals surface area contributed by atoms with Crippen molar-refractivity contribution in [3.8, 4) is 0 Å². The molecule has 7 heteroatoms. The highest BCUT2D eigenvalue weighted by atomic mass is 79.9. The predicted molar refractivity (Wildman–Crippen MR) is 78.6 cm³/mol. The topological polar surface area (TPSA) is 84.2 Å². The Bertz CT molecular complexity index is 508. The van der Waals surface area contributed by atoms with Gasteiger partial charge >= 0.3 is 0 Å². The largest absolute Gasteiger partial charge is 0.346 e. The van der Waals surface area contributed by atoms with Crippen molar-refractivity contribution in [3.05, 3.63) is 28.5 Å². The second-order valence-corrected chi connectivity index (χ2v) is 5.58. The number of nitrogens with two attached hydrogens (primary N) is 1. The number of halogens is 2. The minimum atomic E-state index is -0.674. The second-order valence-electron chi connectivity index (χ2n) is 4.66. The van der Waals surface area contributed by atoms with Gasteiger partial charge in [0.1, 0.15) is 5.82 Å². The van der Waals surface area contributed by atoms with Crippen molar-refractivity contribution in [1.29, 1.82) is 0 Å². The SMILES string of the molecule is CC(C)[C@H](N)C(=O)NCC(=O)Nc1ccc(Br)cc1F. The summed E-state index contributed by atoms with van der Waals surface area (Å²) in [5.41, 5.74) is 5.69. The highest BCUT2D eigenvalue weighted by molar-refractivity contribution is 9.10. The summed E-state index contributed by atoms with van der Waals surface area (Å²) in [6, 6.07) is 3.60. The van der Waals surface area contributed by atoms with Crippen LogP contribution in [0.5, 0.6) is 0 Å². The molecule has 1 aromatic rings. The minimum Gasteiger partial charge on any atom is -0.346 e. The zero-order valence-corrected chi connectivity index (χ0v) is 12.8. The van der Waals surface area contributed by atoms with Crippen LogP contribution in [0.2, 0.25) is 0 Å². The van der Waals surface area contributed by atoms with Crippen LogP contribution in [0.15, 0.2) is 22.7 Å². The van der Waals surface area contributed by atoms with Gasteiger partial charge in [-0.1, -0.05) is 29.8 Å². The normalized spacial score (nSPS) is 12.1. The maximum absolute atomic E-state index is 13.5. The fourth-order valence-corrected chi connectivity index (χ4v) is 1.71. The first-order valence-corrected chi connectivity index (χ1v) is 6.88. The Morgan fingerprint density at radius 3 is 2.60 bits per heavy atom. The lowest BCUT2D eigenvalue weighted by Gasteiger charge is -2.15. The molecule has 0 saturated heterocycles. The van der Waals surface area contributed by atoms with Crippen molar-refractivity contribution in [2.24, 2.45) is 11.7 Å². The molecule has 0 aliphatic rings. The molecule has 0 fully saturated rings. The molecule has 2 amide bonds. The Hall–Kier alpha value is -1.47. The Morgan fingerprint density at radius 1 is 1.40 bits per heavy atom. The molecule has 0 heterocycles. The smallest absolute Gasteiger partial charge is 0.243 e. The third kappa shape index (κ3) is 4.90. The van der Waals surface area contributed by atoms with E-state index in [0.29, 0.717) is 4.47 Å². The molecule has 1 rings (SSSR count). The Labute approximate surface area is 125 Å². The summed E-state index contributed by atoms with van der Waals surface area (Å²) in [7, 11) is 0. The lowest BCUT2D eigenvalue weighted by molar-refractivity contribution is -0.125. The molecule has 1 aromatic carbocycles. The van der Waals surface area contributed by atoms with Crippen molar-refractivity contribution in [2.75, 3.05) is 11.9 Å². The van der Waals surface area contributed by atoms with Crippen LogP contribution in [-0.2, 0) is 9.59 Å². The van der Waals surface area contributed by atoms with E-state index in [0.717, 1.165) is 0 Å². The lowest BCUT2D eigenvalue weighted by Crippen LogP contribution is -2.46. The summed E-state index contributed by atoms with van der Waals surface area (Å²) in [5, 5.41) is 4.78. The Morgan fingerprint density at radius 2 is 2.05 bits per heavy atom. The highest BCUT2D eigenvalue weighted by Crippen LogP contribution is 2.19. The third-order valence-electron chi connectivity index (χ3n) is 2.65. The van der Waals surface area contributed by atoms with Gasteiger partial charge in [0, 0.05) is 4.47 Å². The van der Waals surface area contributed by atoms with Crippen molar-refractivity contribution in [3.63, 3.8) is 0 Å². The molecule has 20 heavy (non-hydrogen) atoms. The quantitative estimate of drug-likeness (QED) is 0.758. The van der Waals surface area contributed by atoms with Gasteiger partial charge < -0.3 is 16.4 Å². The second kappa shape index (κ2) is 7.35. The van der Waals surface area contributed by atoms with Crippen LogP contribution in [0.25, 0.3) is 0 Å². The summed E-state index contributed by atoms with van der Waals surface area (Å²) in [6.45, 7) is 3.36. The molecule has 0 aliphatic carbocycles. The molecule has 110 valence electrons. The van der Waals surface area contributed by atoms with E-state index < -0.39 is 23.7 Å². The maximum Gasteiger partial charge on any atom is 0.243 e. The predicted octanol–water partition coefficient (Wildman–Crippen LogP) is 1.63. The van der Waals surface area contributed by atoms with E-state index in [1.54, 1.807) is 6.07 Å². The molecule has 0 saturated carbocycles. The van der Waals surface area contributed by atoms with E-state index in [1.165, 1.54) is 12.1 Å². The van der Waals surface area contributed by atoms with Gasteiger partial charge in [0.25, 0.3) is 0 Å². The van der Waals surface area contributed by atoms with Gasteiger partial charge in [-0.3, -0.25) is 9.59 Å². The van der Waals surface area contributed by atoms with Gasteiger partial charge in [-0.05, 0) is 24.1 Å². The van der Waals surface area contributed by atoms with Crippen LogP contribution in [0, 0.1) is 11.7 Å². The van der Waals surface area contributed by atoms with E-state index in [-0.39, 0.29) is 18.2 Å². The number of carbonyl (C=O) groups is 2. The number of carbonyl (C=O) groups excluding carboxylic acids is 2. The summed E-state index contributed by atoms with van der Waals surface area (Å²) in [5.74, 6) is -1.51. The highest BCUT2D eigenvalue weighted by Gasteiger charge is 2.17. The Kier molecular flexibility index (Phi) is 6.09. The van der Waals surface area contributed by atoms with E-state index in [4.69, 9.17) is 5.73 Å². The summed E-state index contributed by atoms with van der Waals surface area (Å²) < 4.78 is 14.1. The molecule has 4 N–H and O–H groups in total. The number of nitrogens with one attached hydrogen (secondary N) is 2. The van der Waals surface area contributed by atoms with Crippen molar-refractivity contribution >= 4 is 33.4 Å². The average molecular weight is 346 g/mol. The summed E-state index contributed by atoms with van der Waals surface area (Å²) in [4.78, 5) is 23.2. The van der Waals surface area contributed by atoms with E-state index >= 15 is 0 Å². The molecule has 0 bridgehead atoms. The molecule has 0 aromatic heterocycles. The zero-order valence-electron chi connectivity index (χ0n) is 11.2. The van der Waals surface area contributed by atoms with Gasteiger partial charge in [-0.25, -0.2) is 4.39 Å². The zero-order chi connectivity index (χ0) is 15.3. The molecular weight excluding hydrogens is 329 g/mol. The van der Waals surface area contributed by atoms with Gasteiger partial charge in [-0.2, -0.15) is 0 Å². The van der Waals surface area contributed by atoms with E-state index in [2.05, 4.69) is 26.6 Å². The Balaban J connectivity index is 2.50. The van der Waals surface area contributed by atoms with Gasteiger partial charge in [0.15, 0.2) is 0 Å². The molecule has 0 unspecified atom stereocenters. The van der Waals surface area contributed by atoms with Crippen molar-refractivity contribution < 1.29 is 14.0 Å². The van der Waals surface area contributed by atoms with Crippen LogP contribution in [0.1, 0.15) is 13.8 Å². The molecule has 1 atom stereocenters. The van der Waals surface area contributed by atoms with Gasteiger partial charge in [-0.15, -0.1) is 0 Å². The lowest BCUT2D eigenvalue weighted by atomic mass is 10.1. The molecule has 0 aliphatic heterocycles. The van der Waals surface area contributed by atoms with Crippen molar-refractivity contribution in [2.45, 2.75) is 19.9 Å². The van der Waals surface area contributed by atoms with Crippen LogP contribution in [-0.4, -0.2) is 24.4 Å². The average Bonchev–Trinajstić information content (AvgIpc) is 2.38. The third-order valence-corrected chi connectivity index (χ3v) is 3.14. The summed E-state index contributed by atoms with van der Waals surface area (Å²) in [6.07, 6.45) is 0. The van der Waals surface area contributed by atoms with Crippen LogP contribution in [0.4, 0.5) is 10.1 Å². The van der Waals surface area contributed by atoms with E-state index in [1.807, 2.05) is 13.8 Å². The van der Waals surface area contributed by atoms with Gasteiger partial charge in [0.05, 0.1) is 18.3 Å². The number of hydrogen-bond donors (Lipinski definition) is 3. The fraction of sp³-hybridized carbons (Fsp3) is 0.385. The first-order valence-electron chi connectivity index (χ1n) is 6.09. The molecule has 0 radical (unpaired) electrons. The molecule has 5 nitrogen and oxygen atoms in total. The van der Waals surface area contributed by atoms with Crippen molar-refractivity contribution in [1.82, 2.24) is 5.32 Å². The standard InChI is InChI=1S/C13H17BrFN3O2/c1-7(2)12(16)13(20)17-6-11(19)18-10-4-3-8(14)5-9(10)15/h3-5,7,12H,6,16H2,1-2H3,(H,17,20)(H,18,19)/t12-/m0/s1. The number of rotatable bonds is 5. The minimum absolute atomic E-state index is 0.0259. The first kappa shape index (κ1) is 16.6. The monoisotopic (exact) mass is 345 g/mol. The number of benzene rings is 1. The summed E-state index contributed by atoms with van der Waals surface area (Å²) >= 11 is 3.12. The fourth-order valence-electron chi connectivity index (χ4n) is 1.37. The van der Waals surface area contributed by atoms with Crippen LogP contribution >= 0.6 is 15.9 Å². The number of hydrogen-bond acceptors (Lipinski definition) is 3.